The summed E-state index contributed by atoms with van der Waals surface area (Å²) in [4.78, 5) is 30.3. The van der Waals surface area contributed by atoms with Crippen LogP contribution in [-0.2, 0) is 0 Å². The van der Waals surface area contributed by atoms with E-state index in [1.807, 2.05) is 91.1 Å². The van der Waals surface area contributed by atoms with E-state index in [2.05, 4.69) is 126 Å². The van der Waals surface area contributed by atoms with Gasteiger partial charge >= 0.3 is 0 Å². The molecule has 0 aliphatic carbocycles. The molecule has 0 spiro atoms. The smallest absolute Gasteiger partial charge is 0.229 e. The Hall–Kier alpha value is -9.14. The summed E-state index contributed by atoms with van der Waals surface area (Å²) in [6.07, 6.45) is 1.85. The summed E-state index contributed by atoms with van der Waals surface area (Å²) in [5.41, 5.74) is 12.3. The minimum atomic E-state index is 0.509. The maximum Gasteiger partial charge on any atom is 0.229 e. The molecule has 13 rings (SSSR count). The van der Waals surface area contributed by atoms with E-state index >= 15 is 0 Å². The predicted molar refractivity (Wildman–Crippen MR) is 265 cm³/mol. The van der Waals surface area contributed by atoms with Crippen LogP contribution in [0.4, 0.5) is 0 Å². The van der Waals surface area contributed by atoms with E-state index in [9.17, 15) is 0 Å². The highest BCUT2D eigenvalue weighted by atomic mass is 16.3. The molecule has 8 aromatic carbocycles. The predicted octanol–water partition coefficient (Wildman–Crippen LogP) is 14.2. The van der Waals surface area contributed by atoms with Crippen LogP contribution >= 0.6 is 0 Å². The van der Waals surface area contributed by atoms with Gasteiger partial charge in [0.25, 0.3) is 0 Å². The van der Waals surface area contributed by atoms with Crippen molar-refractivity contribution in [2.75, 3.05) is 0 Å². The molecule has 5 aromatic heterocycles. The van der Waals surface area contributed by atoms with Gasteiger partial charge in [0, 0.05) is 56.0 Å². The fraction of sp³-hybridized carbons (Fsp3) is 0. The zero-order valence-corrected chi connectivity index (χ0v) is 35.2. The fourth-order valence-corrected chi connectivity index (χ4v) is 9.06. The SMILES string of the molecule is c1ccc(-c2cnc3oc4c(-c5ccc6ccccc6c5)nc(-c5ccc(-c6nc(-c7ccccc7)nc(-c7ccc(-n8c9ccccc9c9ccccc98)cc7)n6)cc5)nc4c3c2)cc1. The molecule has 0 N–H and O–H groups in total. The Morgan fingerprint density at radius 3 is 1.48 bits per heavy atom. The summed E-state index contributed by atoms with van der Waals surface area (Å²) in [6.45, 7) is 0. The number of nitrogens with zero attached hydrogens (tertiary/aromatic N) is 7. The quantitative estimate of drug-likeness (QED) is 0.158. The lowest BCUT2D eigenvalue weighted by Gasteiger charge is -2.11. The molecule has 13 aromatic rings. The average molecular weight is 846 g/mol. The highest BCUT2D eigenvalue weighted by Crippen LogP contribution is 2.38. The van der Waals surface area contributed by atoms with Crippen LogP contribution in [0.3, 0.4) is 0 Å². The molecular formula is C58H35N7O. The highest BCUT2D eigenvalue weighted by molar-refractivity contribution is 6.09. The van der Waals surface area contributed by atoms with Crippen LogP contribution in [0.15, 0.2) is 217 Å². The Morgan fingerprint density at radius 2 is 0.848 bits per heavy atom. The molecule has 5 heterocycles. The van der Waals surface area contributed by atoms with Crippen molar-refractivity contribution >= 4 is 54.8 Å². The summed E-state index contributed by atoms with van der Waals surface area (Å²) in [6, 6.07) is 70.7. The van der Waals surface area contributed by atoms with Crippen molar-refractivity contribution in [2.24, 2.45) is 0 Å². The van der Waals surface area contributed by atoms with Crippen molar-refractivity contribution in [2.45, 2.75) is 0 Å². The van der Waals surface area contributed by atoms with Gasteiger partial charge in [-0.25, -0.2) is 29.9 Å². The summed E-state index contributed by atoms with van der Waals surface area (Å²) < 4.78 is 8.81. The van der Waals surface area contributed by atoms with Crippen LogP contribution in [0.2, 0.25) is 0 Å². The van der Waals surface area contributed by atoms with Gasteiger partial charge in [-0.2, -0.15) is 0 Å². The fourth-order valence-electron chi connectivity index (χ4n) is 9.06. The zero-order chi connectivity index (χ0) is 43.6. The first kappa shape index (κ1) is 37.4. The molecule has 0 bridgehead atoms. The first-order chi connectivity index (χ1) is 32.7. The molecule has 8 nitrogen and oxygen atoms in total. The second-order valence-corrected chi connectivity index (χ2v) is 16.3. The van der Waals surface area contributed by atoms with Crippen LogP contribution in [0.5, 0.6) is 0 Å². The Morgan fingerprint density at radius 1 is 0.348 bits per heavy atom. The minimum Gasteiger partial charge on any atom is -0.434 e. The Bertz CT molecular complexity index is 3920. The second kappa shape index (κ2) is 15.3. The number of para-hydroxylation sites is 2. The number of pyridine rings is 1. The third-order valence-corrected chi connectivity index (χ3v) is 12.3. The lowest BCUT2D eigenvalue weighted by atomic mass is 10.0. The van der Waals surface area contributed by atoms with Crippen molar-refractivity contribution < 1.29 is 4.42 Å². The first-order valence-electron chi connectivity index (χ1n) is 21.8. The van der Waals surface area contributed by atoms with Crippen LogP contribution in [0, 0.1) is 0 Å². The van der Waals surface area contributed by atoms with Gasteiger partial charge in [-0.1, -0.05) is 158 Å². The Kier molecular flexibility index (Phi) is 8.67. The Balaban J connectivity index is 0.915. The molecule has 308 valence electrons. The van der Waals surface area contributed by atoms with E-state index in [0.717, 1.165) is 71.8 Å². The molecule has 0 unspecified atom stereocenters. The van der Waals surface area contributed by atoms with E-state index in [1.165, 1.54) is 10.8 Å². The van der Waals surface area contributed by atoms with Crippen molar-refractivity contribution in [3.05, 3.63) is 212 Å². The van der Waals surface area contributed by atoms with Gasteiger partial charge in [0.1, 0.15) is 11.2 Å². The summed E-state index contributed by atoms with van der Waals surface area (Å²) in [5, 5.41) is 5.52. The van der Waals surface area contributed by atoms with E-state index in [0.29, 0.717) is 45.8 Å². The van der Waals surface area contributed by atoms with Gasteiger partial charge in [0.2, 0.25) is 5.71 Å². The number of hydrogen-bond acceptors (Lipinski definition) is 7. The number of fused-ring (bicyclic) bond motifs is 7. The van der Waals surface area contributed by atoms with Crippen molar-refractivity contribution in [3.63, 3.8) is 0 Å². The molecule has 0 radical (unpaired) electrons. The summed E-state index contributed by atoms with van der Waals surface area (Å²) in [5.74, 6) is 2.30. The van der Waals surface area contributed by atoms with E-state index in [-0.39, 0.29) is 0 Å². The second-order valence-electron chi connectivity index (χ2n) is 16.3. The normalized spacial score (nSPS) is 11.6. The molecule has 0 amide bonds. The largest absolute Gasteiger partial charge is 0.434 e. The molecule has 0 aliphatic rings. The van der Waals surface area contributed by atoms with Crippen LogP contribution in [0.25, 0.3) is 128 Å². The molecular weight excluding hydrogens is 811 g/mol. The standard InChI is InChI=1S/C58H35N7O/c1-3-13-36(14-4-1)44-34-48-52-53(66-58(48)59-35-44)51(43-28-23-37-15-7-8-18-42(37)33-43)60-54(61-52)39-24-26-40(27-25-39)56-62-55(38-16-5-2-6-17-38)63-57(64-56)41-29-31-45(32-30-41)65-49-21-11-9-19-46(49)47-20-10-12-22-50(47)65/h1-35H. The zero-order valence-electron chi connectivity index (χ0n) is 35.2. The monoisotopic (exact) mass is 845 g/mol. The minimum absolute atomic E-state index is 0.509. The van der Waals surface area contributed by atoms with Gasteiger partial charge < -0.3 is 8.98 Å². The van der Waals surface area contributed by atoms with Crippen LogP contribution in [-0.4, -0.2) is 34.5 Å². The Labute approximate surface area is 378 Å². The molecule has 0 saturated heterocycles. The average Bonchev–Trinajstić information content (AvgIpc) is 3.94. The third kappa shape index (κ3) is 6.39. The van der Waals surface area contributed by atoms with Crippen LogP contribution in [0.1, 0.15) is 0 Å². The van der Waals surface area contributed by atoms with Crippen molar-refractivity contribution in [1.82, 2.24) is 34.5 Å². The van der Waals surface area contributed by atoms with Crippen LogP contribution < -0.4 is 0 Å². The van der Waals surface area contributed by atoms with E-state index < -0.39 is 0 Å². The molecule has 0 saturated carbocycles. The first-order valence-corrected chi connectivity index (χ1v) is 21.8. The number of rotatable bonds is 7. The van der Waals surface area contributed by atoms with Crippen molar-refractivity contribution in [1.29, 1.82) is 0 Å². The van der Waals surface area contributed by atoms with Gasteiger partial charge in [-0.05, 0) is 64.9 Å². The topological polar surface area (TPSA) is 95.4 Å². The summed E-state index contributed by atoms with van der Waals surface area (Å²) >= 11 is 0. The van der Waals surface area contributed by atoms with Gasteiger partial charge in [-0.15, -0.1) is 0 Å². The van der Waals surface area contributed by atoms with E-state index in [4.69, 9.17) is 34.3 Å². The maximum absolute atomic E-state index is 6.50. The van der Waals surface area contributed by atoms with Crippen molar-refractivity contribution in [3.8, 4) is 73.6 Å². The molecule has 0 atom stereocenters. The highest BCUT2D eigenvalue weighted by Gasteiger charge is 2.21. The lowest BCUT2D eigenvalue weighted by Crippen LogP contribution is -2.01. The number of furan rings is 1. The number of hydrogen-bond donors (Lipinski definition) is 0. The molecule has 0 aliphatic heterocycles. The van der Waals surface area contributed by atoms with Gasteiger partial charge in [-0.3, -0.25) is 0 Å². The number of benzene rings is 8. The summed E-state index contributed by atoms with van der Waals surface area (Å²) in [7, 11) is 0. The molecule has 8 heteroatoms. The molecule has 0 fully saturated rings. The molecule has 66 heavy (non-hydrogen) atoms. The van der Waals surface area contributed by atoms with Gasteiger partial charge in [0.05, 0.1) is 16.4 Å². The number of aromatic nitrogens is 7. The lowest BCUT2D eigenvalue weighted by molar-refractivity contribution is 0.653. The van der Waals surface area contributed by atoms with Gasteiger partial charge in [0.15, 0.2) is 28.9 Å². The third-order valence-electron chi connectivity index (χ3n) is 12.3. The van der Waals surface area contributed by atoms with E-state index in [1.54, 1.807) is 0 Å². The maximum atomic E-state index is 6.50.